The summed E-state index contributed by atoms with van der Waals surface area (Å²) in [6, 6.07) is 6.61. The van der Waals surface area contributed by atoms with Crippen LogP contribution in [0.1, 0.15) is 17.2 Å². The Morgan fingerprint density at radius 2 is 2.23 bits per heavy atom. The molecule has 0 fully saturated rings. The van der Waals surface area contributed by atoms with Gasteiger partial charge in [0.05, 0.1) is 0 Å². The van der Waals surface area contributed by atoms with E-state index in [4.69, 9.17) is 5.11 Å². The molecule has 13 heavy (non-hydrogen) atoms. The lowest BCUT2D eigenvalue weighted by Crippen LogP contribution is -2.10. The third-order valence-corrected chi connectivity index (χ3v) is 1.70. The Morgan fingerprint density at radius 1 is 1.54 bits per heavy atom. The number of aliphatic hydroxyl groups excluding tert-OH is 1. The maximum Gasteiger partial charge on any atom is 0.337 e. The molecule has 3 heteroatoms. The summed E-state index contributed by atoms with van der Waals surface area (Å²) < 4.78 is 0. The molecule has 2 N–H and O–H groups in total. The second kappa shape index (κ2) is 3.87. The molecular formula is C10H10O3. The topological polar surface area (TPSA) is 57.5 Å². The van der Waals surface area contributed by atoms with Crippen LogP contribution in [0.3, 0.4) is 0 Å². The van der Waals surface area contributed by atoms with Crippen molar-refractivity contribution in [3.63, 3.8) is 0 Å². The summed E-state index contributed by atoms with van der Waals surface area (Å²) in [6.45, 7) is 3.55. The largest absolute Gasteiger partial charge is 0.479 e. The van der Waals surface area contributed by atoms with Gasteiger partial charge in [0, 0.05) is 0 Å². The Hall–Kier alpha value is -1.61. The molecule has 0 aromatic heterocycles. The van der Waals surface area contributed by atoms with Gasteiger partial charge in [-0.25, -0.2) is 4.79 Å². The number of carboxylic acid groups (broad SMARTS) is 1. The van der Waals surface area contributed by atoms with Gasteiger partial charge in [0.2, 0.25) is 0 Å². The molecule has 0 saturated heterocycles. The minimum absolute atomic E-state index is 0.366. The molecular weight excluding hydrogens is 168 g/mol. The second-order valence-corrected chi connectivity index (χ2v) is 2.62. The third-order valence-electron chi connectivity index (χ3n) is 1.70. The highest BCUT2D eigenvalue weighted by atomic mass is 16.4. The average molecular weight is 178 g/mol. The van der Waals surface area contributed by atoms with Crippen molar-refractivity contribution in [3.8, 4) is 0 Å². The van der Waals surface area contributed by atoms with Gasteiger partial charge in [0.1, 0.15) is 0 Å². The van der Waals surface area contributed by atoms with Crippen LogP contribution in [-0.4, -0.2) is 16.2 Å². The van der Waals surface area contributed by atoms with E-state index in [2.05, 4.69) is 6.58 Å². The predicted molar refractivity (Wildman–Crippen MR) is 49.1 cm³/mol. The normalized spacial score (nSPS) is 12.1. The molecule has 0 aliphatic carbocycles. The number of rotatable bonds is 3. The fraction of sp³-hybridized carbons (Fsp3) is 0.100. The van der Waals surface area contributed by atoms with Gasteiger partial charge in [-0.05, 0) is 17.2 Å². The van der Waals surface area contributed by atoms with Gasteiger partial charge in [-0.1, -0.05) is 30.9 Å². The number of benzene rings is 1. The molecule has 0 saturated carbocycles. The van der Waals surface area contributed by atoms with Crippen LogP contribution in [0.15, 0.2) is 30.8 Å². The third kappa shape index (κ3) is 2.16. The standard InChI is InChI=1S/C10H10O3/c1-2-7-4-3-5-8(6-7)9(11)10(12)13/h2-6,9,11H,1H2,(H,12,13). The number of aliphatic hydroxyl groups is 1. The summed E-state index contributed by atoms with van der Waals surface area (Å²) in [5, 5.41) is 17.7. The van der Waals surface area contributed by atoms with Gasteiger partial charge in [0.25, 0.3) is 0 Å². The maximum absolute atomic E-state index is 10.4. The Labute approximate surface area is 76.0 Å². The summed E-state index contributed by atoms with van der Waals surface area (Å²) in [4.78, 5) is 10.4. The van der Waals surface area contributed by atoms with Crippen molar-refractivity contribution < 1.29 is 15.0 Å². The lowest BCUT2D eigenvalue weighted by atomic mass is 10.1. The van der Waals surface area contributed by atoms with Crippen LogP contribution >= 0.6 is 0 Å². The van der Waals surface area contributed by atoms with Crippen molar-refractivity contribution >= 4 is 12.0 Å². The lowest BCUT2D eigenvalue weighted by molar-refractivity contribution is -0.146. The molecule has 0 bridgehead atoms. The molecule has 0 amide bonds. The molecule has 0 spiro atoms. The molecule has 1 atom stereocenters. The minimum atomic E-state index is -1.46. The minimum Gasteiger partial charge on any atom is -0.479 e. The Bertz CT molecular complexity index is 331. The first-order chi connectivity index (χ1) is 6.15. The molecule has 0 aliphatic heterocycles. The molecule has 1 unspecified atom stereocenters. The molecule has 1 aromatic carbocycles. The molecule has 0 aliphatic rings. The second-order valence-electron chi connectivity index (χ2n) is 2.62. The Kier molecular flexibility index (Phi) is 2.82. The van der Waals surface area contributed by atoms with E-state index in [9.17, 15) is 9.90 Å². The first-order valence-electron chi connectivity index (χ1n) is 3.78. The number of hydrogen-bond acceptors (Lipinski definition) is 2. The molecule has 0 heterocycles. The Balaban J connectivity index is 3.01. The highest BCUT2D eigenvalue weighted by molar-refractivity contribution is 5.74. The predicted octanol–water partition coefficient (Wildman–Crippen LogP) is 1.45. The first kappa shape index (κ1) is 9.48. The van der Waals surface area contributed by atoms with Crippen LogP contribution in [0.4, 0.5) is 0 Å². The van der Waals surface area contributed by atoms with Gasteiger partial charge in [-0.3, -0.25) is 0 Å². The van der Waals surface area contributed by atoms with E-state index in [1.165, 1.54) is 0 Å². The van der Waals surface area contributed by atoms with Crippen molar-refractivity contribution in [1.29, 1.82) is 0 Å². The molecule has 68 valence electrons. The number of carbonyl (C=O) groups is 1. The van der Waals surface area contributed by atoms with Gasteiger partial charge in [-0.15, -0.1) is 0 Å². The van der Waals surface area contributed by atoms with Crippen molar-refractivity contribution in [2.75, 3.05) is 0 Å². The van der Waals surface area contributed by atoms with E-state index in [0.717, 1.165) is 5.56 Å². The summed E-state index contributed by atoms with van der Waals surface area (Å²) in [5.41, 5.74) is 1.16. The van der Waals surface area contributed by atoms with Crippen LogP contribution in [0, 0.1) is 0 Å². The smallest absolute Gasteiger partial charge is 0.337 e. The van der Waals surface area contributed by atoms with E-state index >= 15 is 0 Å². The van der Waals surface area contributed by atoms with E-state index < -0.39 is 12.1 Å². The van der Waals surface area contributed by atoms with Gasteiger partial charge >= 0.3 is 5.97 Å². The highest BCUT2D eigenvalue weighted by Gasteiger charge is 2.15. The van der Waals surface area contributed by atoms with E-state index in [1.54, 1.807) is 30.3 Å². The number of hydrogen-bond donors (Lipinski definition) is 2. The van der Waals surface area contributed by atoms with E-state index in [-0.39, 0.29) is 0 Å². The zero-order valence-electron chi connectivity index (χ0n) is 6.97. The first-order valence-corrected chi connectivity index (χ1v) is 3.78. The van der Waals surface area contributed by atoms with E-state index in [1.807, 2.05) is 0 Å². The van der Waals surface area contributed by atoms with Crippen LogP contribution in [0.25, 0.3) is 6.08 Å². The van der Waals surface area contributed by atoms with Gasteiger partial charge in [0.15, 0.2) is 6.10 Å². The fourth-order valence-corrected chi connectivity index (χ4v) is 0.999. The highest BCUT2D eigenvalue weighted by Crippen LogP contribution is 2.15. The zero-order valence-corrected chi connectivity index (χ0v) is 6.97. The van der Waals surface area contributed by atoms with Gasteiger partial charge in [-0.2, -0.15) is 0 Å². The van der Waals surface area contributed by atoms with Gasteiger partial charge < -0.3 is 10.2 Å². The van der Waals surface area contributed by atoms with Crippen LogP contribution in [0.5, 0.6) is 0 Å². The quantitative estimate of drug-likeness (QED) is 0.736. The summed E-state index contributed by atoms with van der Waals surface area (Å²) in [5.74, 6) is -1.25. The van der Waals surface area contributed by atoms with Crippen LogP contribution in [0.2, 0.25) is 0 Å². The summed E-state index contributed by atoms with van der Waals surface area (Å²) in [6.07, 6.45) is 0.137. The monoisotopic (exact) mass is 178 g/mol. The van der Waals surface area contributed by atoms with Crippen LogP contribution in [-0.2, 0) is 4.79 Å². The van der Waals surface area contributed by atoms with Crippen molar-refractivity contribution in [2.24, 2.45) is 0 Å². The van der Waals surface area contributed by atoms with Crippen LogP contribution < -0.4 is 0 Å². The van der Waals surface area contributed by atoms with E-state index in [0.29, 0.717) is 5.56 Å². The molecule has 1 rings (SSSR count). The Morgan fingerprint density at radius 3 is 2.77 bits per heavy atom. The fourth-order valence-electron chi connectivity index (χ4n) is 0.999. The molecule has 0 radical (unpaired) electrons. The van der Waals surface area contributed by atoms with Crippen molar-refractivity contribution in [2.45, 2.75) is 6.10 Å². The zero-order chi connectivity index (χ0) is 9.84. The molecule has 1 aromatic rings. The summed E-state index contributed by atoms with van der Waals surface area (Å²) >= 11 is 0. The number of aliphatic carboxylic acids is 1. The summed E-state index contributed by atoms with van der Waals surface area (Å²) in [7, 11) is 0. The van der Waals surface area contributed by atoms with Crippen molar-refractivity contribution in [3.05, 3.63) is 42.0 Å². The van der Waals surface area contributed by atoms with Crippen molar-refractivity contribution in [1.82, 2.24) is 0 Å². The average Bonchev–Trinajstić information content (AvgIpc) is 2.16. The maximum atomic E-state index is 10.4. The lowest BCUT2D eigenvalue weighted by Gasteiger charge is -2.05. The number of carboxylic acids is 1. The SMILES string of the molecule is C=Cc1cccc(C(O)C(=O)O)c1. The molecule has 3 nitrogen and oxygen atoms in total.